The van der Waals surface area contributed by atoms with E-state index in [0.717, 1.165) is 19.6 Å². The highest BCUT2D eigenvalue weighted by atomic mass is 16.5. The molecule has 20 heavy (non-hydrogen) atoms. The van der Waals surface area contributed by atoms with E-state index in [2.05, 4.69) is 37.9 Å². The molecule has 0 aliphatic carbocycles. The number of morpholine rings is 1. The lowest BCUT2D eigenvalue weighted by Gasteiger charge is -2.49. The number of hydrogen-bond donors (Lipinski definition) is 1. The summed E-state index contributed by atoms with van der Waals surface area (Å²) < 4.78 is 11.0. The fourth-order valence-electron chi connectivity index (χ4n) is 3.31. The highest BCUT2D eigenvalue weighted by molar-refractivity contribution is 5.80. The first-order valence-electron chi connectivity index (χ1n) is 7.29. The molecule has 0 aromatic carbocycles. The van der Waals surface area contributed by atoms with Crippen LogP contribution in [0.3, 0.4) is 0 Å². The number of ether oxygens (including phenoxy) is 2. The fourth-order valence-corrected chi connectivity index (χ4v) is 3.31. The minimum absolute atomic E-state index is 0.217. The van der Waals surface area contributed by atoms with Crippen LogP contribution in [-0.2, 0) is 14.3 Å². The van der Waals surface area contributed by atoms with E-state index in [1.165, 1.54) is 7.11 Å². The summed E-state index contributed by atoms with van der Waals surface area (Å²) >= 11 is 0. The highest BCUT2D eigenvalue weighted by Gasteiger charge is 2.42. The Balaban J connectivity index is 2.85. The van der Waals surface area contributed by atoms with Crippen LogP contribution >= 0.6 is 0 Å². The van der Waals surface area contributed by atoms with Crippen LogP contribution in [0.5, 0.6) is 0 Å². The van der Waals surface area contributed by atoms with E-state index in [1.807, 2.05) is 13.8 Å². The van der Waals surface area contributed by atoms with Crippen LogP contribution in [0.4, 0.5) is 0 Å². The number of carbonyl (C=O) groups is 1. The topological polar surface area (TPSA) is 50.8 Å². The Hall–Kier alpha value is -0.650. The average Bonchev–Trinajstić information content (AvgIpc) is 2.23. The number of carbonyl (C=O) groups excluding carboxylic acids is 1. The number of methoxy groups -OCH3 is 1. The number of nitrogens with one attached hydrogen (secondary N) is 1. The molecule has 1 unspecified atom stereocenters. The van der Waals surface area contributed by atoms with Gasteiger partial charge in [0.2, 0.25) is 0 Å². The fraction of sp³-hybridized carbons (Fsp3) is 0.933. The predicted octanol–water partition coefficient (Wildman–Crippen LogP) is 1.42. The van der Waals surface area contributed by atoms with Gasteiger partial charge in [0, 0.05) is 19.6 Å². The Morgan fingerprint density at radius 2 is 1.80 bits per heavy atom. The molecule has 0 aromatic rings. The molecule has 1 aliphatic rings. The van der Waals surface area contributed by atoms with Crippen molar-refractivity contribution in [3.8, 4) is 0 Å². The summed E-state index contributed by atoms with van der Waals surface area (Å²) in [5, 5.41) is 3.25. The van der Waals surface area contributed by atoms with Crippen LogP contribution in [0, 0.1) is 0 Å². The number of nitrogens with zero attached hydrogens (tertiary/aromatic N) is 1. The first-order valence-corrected chi connectivity index (χ1v) is 7.29. The quantitative estimate of drug-likeness (QED) is 0.775. The van der Waals surface area contributed by atoms with Gasteiger partial charge in [0.05, 0.1) is 18.3 Å². The highest BCUT2D eigenvalue weighted by Crippen LogP contribution is 2.29. The summed E-state index contributed by atoms with van der Waals surface area (Å²) in [5.41, 5.74) is -1.12. The molecule has 0 spiro atoms. The molecule has 1 heterocycles. The third-order valence-corrected chi connectivity index (χ3v) is 3.50. The first-order chi connectivity index (χ1) is 9.03. The van der Waals surface area contributed by atoms with Crippen molar-refractivity contribution in [3.63, 3.8) is 0 Å². The van der Waals surface area contributed by atoms with Gasteiger partial charge < -0.3 is 14.8 Å². The number of esters is 1. The molecule has 0 amide bonds. The Labute approximate surface area is 123 Å². The molecule has 1 saturated heterocycles. The van der Waals surface area contributed by atoms with E-state index < -0.39 is 5.54 Å². The van der Waals surface area contributed by atoms with Gasteiger partial charge in [0.1, 0.15) is 5.54 Å². The van der Waals surface area contributed by atoms with Gasteiger partial charge in [-0.05, 0) is 41.2 Å². The molecule has 1 N–H and O–H groups in total. The van der Waals surface area contributed by atoms with E-state index >= 15 is 0 Å². The van der Waals surface area contributed by atoms with Crippen molar-refractivity contribution in [2.45, 2.75) is 58.3 Å². The lowest BCUT2D eigenvalue weighted by molar-refractivity contribution is -0.185. The number of hydrogen-bond acceptors (Lipinski definition) is 5. The van der Waals surface area contributed by atoms with Gasteiger partial charge in [0.25, 0.3) is 0 Å². The van der Waals surface area contributed by atoms with E-state index in [0.29, 0.717) is 6.54 Å². The zero-order valence-corrected chi connectivity index (χ0v) is 14.0. The largest absolute Gasteiger partial charge is 0.468 e. The monoisotopic (exact) mass is 286 g/mol. The van der Waals surface area contributed by atoms with Gasteiger partial charge in [0.15, 0.2) is 0 Å². The maximum absolute atomic E-state index is 12.1. The molecule has 5 heteroatoms. The van der Waals surface area contributed by atoms with Crippen LogP contribution in [0.15, 0.2) is 0 Å². The maximum atomic E-state index is 12.1. The molecule has 0 saturated carbocycles. The molecule has 1 atom stereocenters. The third kappa shape index (κ3) is 4.43. The predicted molar refractivity (Wildman–Crippen MR) is 79.8 cm³/mol. The normalized spacial score (nSPS) is 24.9. The Morgan fingerprint density at radius 3 is 2.20 bits per heavy atom. The molecule has 118 valence electrons. The van der Waals surface area contributed by atoms with Crippen LogP contribution in [0.1, 0.15) is 41.5 Å². The zero-order valence-electron chi connectivity index (χ0n) is 14.0. The smallest absolute Gasteiger partial charge is 0.327 e. The lowest BCUT2D eigenvalue weighted by atomic mass is 9.95. The lowest BCUT2D eigenvalue weighted by Crippen LogP contribution is -2.64. The standard InChI is InChI=1S/C15H30N2O3/c1-8-16-15(6,12(18)19-7)11-17-9-13(2,3)20-14(4,5)10-17/h16H,8-11H2,1-7H3. The molecule has 0 radical (unpaired) electrons. The van der Waals surface area contributed by atoms with Gasteiger partial charge in [-0.3, -0.25) is 9.69 Å². The molecule has 0 aromatic heterocycles. The average molecular weight is 286 g/mol. The summed E-state index contributed by atoms with van der Waals surface area (Å²) in [6, 6.07) is 0. The maximum Gasteiger partial charge on any atom is 0.327 e. The van der Waals surface area contributed by atoms with E-state index in [9.17, 15) is 4.79 Å². The van der Waals surface area contributed by atoms with E-state index in [4.69, 9.17) is 9.47 Å². The Kier molecular flexibility index (Phi) is 5.22. The van der Waals surface area contributed by atoms with Gasteiger partial charge >= 0.3 is 5.97 Å². The second-order valence-electron chi connectivity index (χ2n) is 7.12. The molecule has 0 bridgehead atoms. The van der Waals surface area contributed by atoms with Crippen LogP contribution in [0.2, 0.25) is 0 Å². The van der Waals surface area contributed by atoms with Gasteiger partial charge in [-0.15, -0.1) is 0 Å². The van der Waals surface area contributed by atoms with Gasteiger partial charge in [-0.2, -0.15) is 0 Å². The second-order valence-corrected chi connectivity index (χ2v) is 7.12. The van der Waals surface area contributed by atoms with Crippen molar-refractivity contribution in [1.29, 1.82) is 0 Å². The number of rotatable bonds is 5. The summed E-state index contributed by atoms with van der Waals surface area (Å²) in [6.45, 7) is 15.2. The van der Waals surface area contributed by atoms with Crippen LogP contribution in [-0.4, -0.2) is 60.9 Å². The molecule has 1 aliphatic heterocycles. The summed E-state index contributed by atoms with van der Waals surface area (Å²) in [5.74, 6) is -0.221. The van der Waals surface area contributed by atoms with E-state index in [-0.39, 0.29) is 17.2 Å². The van der Waals surface area contributed by atoms with Crippen molar-refractivity contribution in [1.82, 2.24) is 10.2 Å². The minimum atomic E-state index is -0.688. The molecular formula is C15H30N2O3. The van der Waals surface area contributed by atoms with Crippen molar-refractivity contribution < 1.29 is 14.3 Å². The zero-order chi connectivity index (χ0) is 15.6. The van der Waals surface area contributed by atoms with Crippen molar-refractivity contribution in [2.24, 2.45) is 0 Å². The van der Waals surface area contributed by atoms with Crippen molar-refractivity contribution in [2.75, 3.05) is 33.3 Å². The molecule has 1 fully saturated rings. The summed E-state index contributed by atoms with van der Waals surface area (Å²) in [7, 11) is 1.44. The van der Waals surface area contributed by atoms with E-state index in [1.54, 1.807) is 0 Å². The van der Waals surface area contributed by atoms with Crippen molar-refractivity contribution >= 4 is 5.97 Å². The third-order valence-electron chi connectivity index (χ3n) is 3.50. The molecular weight excluding hydrogens is 256 g/mol. The SMILES string of the molecule is CCNC(C)(CN1CC(C)(C)OC(C)(C)C1)C(=O)OC. The van der Waals surface area contributed by atoms with Crippen LogP contribution < -0.4 is 5.32 Å². The number of likely N-dealkylation sites (N-methyl/N-ethyl adjacent to an activating group) is 1. The summed E-state index contributed by atoms with van der Waals surface area (Å²) in [6.07, 6.45) is 0. The minimum Gasteiger partial charge on any atom is -0.468 e. The van der Waals surface area contributed by atoms with Crippen molar-refractivity contribution in [3.05, 3.63) is 0 Å². The first kappa shape index (κ1) is 17.4. The summed E-state index contributed by atoms with van der Waals surface area (Å²) in [4.78, 5) is 14.4. The van der Waals surface area contributed by atoms with Gasteiger partial charge in [-0.25, -0.2) is 0 Å². The second kappa shape index (κ2) is 6.00. The van der Waals surface area contributed by atoms with Crippen LogP contribution in [0.25, 0.3) is 0 Å². The molecule has 1 rings (SSSR count). The van der Waals surface area contributed by atoms with Gasteiger partial charge in [-0.1, -0.05) is 6.92 Å². The molecule has 5 nitrogen and oxygen atoms in total. The Bertz CT molecular complexity index is 339. The Morgan fingerprint density at radius 1 is 1.30 bits per heavy atom.